The molecule has 1 unspecified atom stereocenters. The highest BCUT2D eigenvalue weighted by atomic mass is 16.5. The minimum atomic E-state index is -0.228. The van der Waals surface area contributed by atoms with Crippen molar-refractivity contribution in [3.8, 4) is 12.1 Å². The molecule has 2 aliphatic heterocycles. The summed E-state index contributed by atoms with van der Waals surface area (Å²) in [4.78, 5) is 31.3. The second-order valence-corrected chi connectivity index (χ2v) is 12.3. The third-order valence-corrected chi connectivity index (χ3v) is 9.23. The van der Waals surface area contributed by atoms with Crippen molar-refractivity contribution in [1.29, 1.82) is 5.26 Å². The van der Waals surface area contributed by atoms with Crippen LogP contribution in [0.5, 0.6) is 6.01 Å². The molecule has 0 radical (unpaired) electrons. The van der Waals surface area contributed by atoms with Crippen LogP contribution in [0, 0.1) is 24.2 Å². The van der Waals surface area contributed by atoms with E-state index in [0.717, 1.165) is 49.4 Å². The summed E-state index contributed by atoms with van der Waals surface area (Å²) < 4.78 is 6.52. The molecular weight excluding hydrogens is 538 g/mol. The molecule has 1 saturated heterocycles. The third kappa shape index (κ3) is 5.76. The molecule has 3 atom stereocenters. The van der Waals surface area contributed by atoms with Gasteiger partial charge in [-0.25, -0.2) is 0 Å². The summed E-state index contributed by atoms with van der Waals surface area (Å²) in [6.07, 6.45) is 4.64. The molecule has 9 heteroatoms. The van der Waals surface area contributed by atoms with E-state index in [0.29, 0.717) is 38.1 Å². The number of fused-ring (bicyclic) bond motifs is 2. The lowest BCUT2D eigenvalue weighted by Crippen LogP contribution is -2.55. The fraction of sp³-hybridized carbons (Fsp3) is 0.471. The highest BCUT2D eigenvalue weighted by Crippen LogP contribution is 2.37. The molecular formula is C34H41N7O2. The van der Waals surface area contributed by atoms with Crippen LogP contribution in [0.25, 0.3) is 10.8 Å². The fourth-order valence-corrected chi connectivity index (χ4v) is 6.92. The van der Waals surface area contributed by atoms with Gasteiger partial charge in [0.15, 0.2) is 0 Å². The molecule has 1 saturated carbocycles. The van der Waals surface area contributed by atoms with Gasteiger partial charge in [-0.2, -0.15) is 15.2 Å². The average Bonchev–Trinajstić information content (AvgIpc) is 3.01. The molecule has 0 spiro atoms. The molecule has 1 aliphatic carbocycles. The van der Waals surface area contributed by atoms with E-state index in [1.54, 1.807) is 4.90 Å². The Hall–Kier alpha value is -4.16. The molecule has 9 nitrogen and oxygen atoms in total. The van der Waals surface area contributed by atoms with Gasteiger partial charge in [-0.15, -0.1) is 0 Å². The number of ether oxygens (including phenoxy) is 1. The maximum absolute atomic E-state index is 12.6. The van der Waals surface area contributed by atoms with Crippen LogP contribution in [0.3, 0.4) is 0 Å². The molecule has 2 aromatic carbocycles. The lowest BCUT2D eigenvalue weighted by Gasteiger charge is -2.42. The standard InChI is InChI=1S/C34H41N7O2/c1-5-31(42)41-19-18-40(21-26(41)14-16-35)33-27-15-17-39(29-11-7-10-24-9-6-8-23(2)32(24)29)22-28(27)36-34(37-33)43-30-13-12-25(30)20-38(3)4/h5-11,25-26,30H,1,12-15,17-22H2,2-4H3/t25?,26-,30+/m0/s1. The molecule has 224 valence electrons. The van der Waals surface area contributed by atoms with Gasteiger partial charge in [-0.05, 0) is 63.4 Å². The summed E-state index contributed by atoms with van der Waals surface area (Å²) >= 11 is 0. The number of carbonyl (C=O) groups excluding carboxylic acids is 1. The first-order chi connectivity index (χ1) is 20.9. The SMILES string of the molecule is C=CC(=O)N1CCN(c2nc(O[C@@H]3CCC3CN(C)C)nc3c2CCN(c2cccc4cccc(C)c24)C3)C[C@@H]1CC#N. The fourth-order valence-electron chi connectivity index (χ4n) is 6.92. The summed E-state index contributed by atoms with van der Waals surface area (Å²) in [6, 6.07) is 15.5. The van der Waals surface area contributed by atoms with Crippen molar-refractivity contribution in [1.82, 2.24) is 19.8 Å². The Labute approximate surface area is 254 Å². The number of aryl methyl sites for hydroxylation is 1. The van der Waals surface area contributed by atoms with Crippen molar-refractivity contribution in [3.63, 3.8) is 0 Å². The Morgan fingerprint density at radius 3 is 2.67 bits per heavy atom. The van der Waals surface area contributed by atoms with Gasteiger partial charge in [0.25, 0.3) is 0 Å². The summed E-state index contributed by atoms with van der Waals surface area (Å²) in [5, 5.41) is 12.1. The van der Waals surface area contributed by atoms with E-state index in [1.807, 2.05) is 0 Å². The zero-order valence-electron chi connectivity index (χ0n) is 25.5. The third-order valence-electron chi connectivity index (χ3n) is 9.23. The summed E-state index contributed by atoms with van der Waals surface area (Å²) in [5.41, 5.74) is 4.61. The summed E-state index contributed by atoms with van der Waals surface area (Å²) in [5.74, 6) is 1.21. The number of aromatic nitrogens is 2. The van der Waals surface area contributed by atoms with Crippen LogP contribution in [0.2, 0.25) is 0 Å². The monoisotopic (exact) mass is 579 g/mol. The topological polar surface area (TPSA) is 88.8 Å². The second-order valence-electron chi connectivity index (χ2n) is 12.3. The molecule has 0 bridgehead atoms. The van der Waals surface area contributed by atoms with Crippen molar-refractivity contribution in [2.45, 2.75) is 51.3 Å². The van der Waals surface area contributed by atoms with Crippen LogP contribution >= 0.6 is 0 Å². The van der Waals surface area contributed by atoms with Crippen LogP contribution < -0.4 is 14.5 Å². The van der Waals surface area contributed by atoms with E-state index >= 15 is 0 Å². The summed E-state index contributed by atoms with van der Waals surface area (Å²) in [6.45, 7) is 10.0. The van der Waals surface area contributed by atoms with Crippen LogP contribution in [0.4, 0.5) is 11.5 Å². The van der Waals surface area contributed by atoms with E-state index in [2.05, 4.69) is 84.8 Å². The summed E-state index contributed by atoms with van der Waals surface area (Å²) in [7, 11) is 4.20. The van der Waals surface area contributed by atoms with Gasteiger partial charge in [0.1, 0.15) is 11.9 Å². The Morgan fingerprint density at radius 2 is 1.95 bits per heavy atom. The normalized spacial score (nSPS) is 21.7. The second kappa shape index (κ2) is 12.2. The average molecular weight is 580 g/mol. The molecule has 43 heavy (non-hydrogen) atoms. The predicted octanol–water partition coefficient (Wildman–Crippen LogP) is 4.34. The molecule has 2 fully saturated rings. The number of nitriles is 1. The largest absolute Gasteiger partial charge is 0.460 e. The minimum absolute atomic E-state index is 0.0992. The van der Waals surface area contributed by atoms with Gasteiger partial charge in [0, 0.05) is 55.3 Å². The first kappa shape index (κ1) is 28.9. The minimum Gasteiger partial charge on any atom is -0.460 e. The lowest BCUT2D eigenvalue weighted by atomic mass is 9.81. The smallest absolute Gasteiger partial charge is 0.318 e. The van der Waals surface area contributed by atoms with E-state index in [9.17, 15) is 10.1 Å². The highest BCUT2D eigenvalue weighted by Gasteiger charge is 2.36. The molecule has 3 aliphatic rings. The van der Waals surface area contributed by atoms with Crippen LogP contribution in [-0.4, -0.2) is 84.6 Å². The van der Waals surface area contributed by atoms with Gasteiger partial charge < -0.3 is 24.3 Å². The number of piperazine rings is 1. The number of hydrogen-bond acceptors (Lipinski definition) is 8. The predicted molar refractivity (Wildman–Crippen MR) is 169 cm³/mol. The van der Waals surface area contributed by atoms with Gasteiger partial charge in [-0.3, -0.25) is 4.79 Å². The Kier molecular flexibility index (Phi) is 8.22. The maximum atomic E-state index is 12.6. The van der Waals surface area contributed by atoms with Crippen LogP contribution in [0.1, 0.15) is 36.1 Å². The van der Waals surface area contributed by atoms with Gasteiger partial charge in [-0.1, -0.05) is 36.9 Å². The van der Waals surface area contributed by atoms with Gasteiger partial charge in [0.05, 0.1) is 30.8 Å². The molecule has 0 N–H and O–H groups in total. The van der Waals surface area contributed by atoms with E-state index in [4.69, 9.17) is 14.7 Å². The number of anilines is 2. The number of rotatable bonds is 8. The maximum Gasteiger partial charge on any atom is 0.318 e. The molecule has 3 heterocycles. The number of nitrogens with zero attached hydrogens (tertiary/aromatic N) is 7. The Bertz CT molecular complexity index is 1560. The van der Waals surface area contributed by atoms with E-state index in [1.165, 1.54) is 28.1 Å². The van der Waals surface area contributed by atoms with E-state index < -0.39 is 0 Å². The lowest BCUT2D eigenvalue weighted by molar-refractivity contribution is -0.128. The molecule has 6 rings (SSSR count). The van der Waals surface area contributed by atoms with Crippen molar-refractivity contribution in [2.75, 3.05) is 56.6 Å². The Morgan fingerprint density at radius 1 is 1.14 bits per heavy atom. The zero-order valence-corrected chi connectivity index (χ0v) is 25.5. The van der Waals surface area contributed by atoms with Crippen molar-refractivity contribution < 1.29 is 9.53 Å². The number of benzene rings is 2. The van der Waals surface area contributed by atoms with Crippen LogP contribution in [-0.2, 0) is 17.8 Å². The Balaban J connectivity index is 1.35. The molecule has 3 aromatic rings. The number of amides is 1. The van der Waals surface area contributed by atoms with Gasteiger partial charge in [0.2, 0.25) is 5.91 Å². The zero-order chi connectivity index (χ0) is 30.1. The van der Waals surface area contributed by atoms with E-state index in [-0.39, 0.29) is 24.5 Å². The quantitative estimate of drug-likeness (QED) is 0.365. The number of carbonyl (C=O) groups is 1. The van der Waals surface area contributed by atoms with Crippen LogP contribution in [0.15, 0.2) is 49.1 Å². The highest BCUT2D eigenvalue weighted by molar-refractivity contribution is 5.97. The van der Waals surface area contributed by atoms with Crippen molar-refractivity contribution in [2.24, 2.45) is 5.92 Å². The first-order valence-electron chi connectivity index (χ1n) is 15.4. The first-order valence-corrected chi connectivity index (χ1v) is 15.4. The molecule has 1 amide bonds. The van der Waals surface area contributed by atoms with Crippen molar-refractivity contribution in [3.05, 3.63) is 65.9 Å². The van der Waals surface area contributed by atoms with Gasteiger partial charge >= 0.3 is 6.01 Å². The number of hydrogen-bond donors (Lipinski definition) is 0. The molecule has 1 aromatic heterocycles. The van der Waals surface area contributed by atoms with Crippen molar-refractivity contribution >= 4 is 28.2 Å².